The lowest BCUT2D eigenvalue weighted by Crippen LogP contribution is -2.16. The van der Waals surface area contributed by atoms with Crippen molar-refractivity contribution in [2.75, 3.05) is 5.75 Å². The molecular weight excluding hydrogens is 208 g/mol. The Labute approximate surface area is 90.6 Å². The maximum Gasteiger partial charge on any atom is 0.160 e. The van der Waals surface area contributed by atoms with E-state index in [4.69, 9.17) is 0 Å². The first-order valence-corrected chi connectivity index (χ1v) is 6.82. The summed E-state index contributed by atoms with van der Waals surface area (Å²) in [6.45, 7) is 0. The van der Waals surface area contributed by atoms with Crippen LogP contribution in [0.1, 0.15) is 12.0 Å². The Balaban J connectivity index is 1.97. The number of aryl methyl sites for hydroxylation is 1. The highest BCUT2D eigenvalue weighted by molar-refractivity contribution is 7.92. The second-order valence-corrected chi connectivity index (χ2v) is 6.08. The minimum absolute atomic E-state index is 0.215. The van der Waals surface area contributed by atoms with E-state index in [1.165, 1.54) is 5.56 Å². The van der Waals surface area contributed by atoms with Gasteiger partial charge in [0.1, 0.15) is 0 Å². The summed E-state index contributed by atoms with van der Waals surface area (Å²) in [7, 11) is -2.87. The van der Waals surface area contributed by atoms with Gasteiger partial charge in [0.25, 0.3) is 0 Å². The van der Waals surface area contributed by atoms with Crippen LogP contribution in [0.15, 0.2) is 42.5 Å². The molecule has 2 nitrogen and oxygen atoms in total. The summed E-state index contributed by atoms with van der Waals surface area (Å²) in [5.41, 5.74) is 1.20. The van der Waals surface area contributed by atoms with Gasteiger partial charge in [-0.1, -0.05) is 42.5 Å². The molecule has 1 aliphatic rings. The van der Waals surface area contributed by atoms with E-state index in [1.54, 1.807) is 6.08 Å². The predicted molar refractivity (Wildman–Crippen MR) is 61.5 cm³/mol. The predicted octanol–water partition coefficient (Wildman–Crippen LogP) is 1.97. The highest BCUT2D eigenvalue weighted by Crippen LogP contribution is 2.18. The van der Waals surface area contributed by atoms with E-state index in [0.29, 0.717) is 6.42 Å². The van der Waals surface area contributed by atoms with E-state index < -0.39 is 9.84 Å². The van der Waals surface area contributed by atoms with Crippen LogP contribution in [0.25, 0.3) is 0 Å². The van der Waals surface area contributed by atoms with Crippen LogP contribution < -0.4 is 0 Å². The van der Waals surface area contributed by atoms with Gasteiger partial charge in [-0.05, 0) is 18.4 Å². The van der Waals surface area contributed by atoms with Gasteiger partial charge in [0.2, 0.25) is 0 Å². The molecule has 0 saturated carbocycles. The largest absolute Gasteiger partial charge is 0.228 e. The summed E-state index contributed by atoms with van der Waals surface area (Å²) in [4.78, 5) is 0. The van der Waals surface area contributed by atoms with Crippen molar-refractivity contribution in [3.05, 3.63) is 48.0 Å². The Morgan fingerprint density at radius 3 is 2.53 bits per heavy atom. The van der Waals surface area contributed by atoms with Crippen LogP contribution in [0.3, 0.4) is 0 Å². The van der Waals surface area contributed by atoms with Gasteiger partial charge in [-0.2, -0.15) is 0 Å². The molecule has 0 aromatic heterocycles. The zero-order valence-corrected chi connectivity index (χ0v) is 9.28. The molecule has 3 heteroatoms. The molecule has 1 aromatic carbocycles. The molecule has 0 N–H and O–H groups in total. The normalized spacial score (nSPS) is 23.1. The summed E-state index contributed by atoms with van der Waals surface area (Å²) in [5, 5.41) is -0.266. The van der Waals surface area contributed by atoms with E-state index in [2.05, 4.69) is 0 Å². The minimum Gasteiger partial charge on any atom is -0.228 e. The third-order valence-electron chi connectivity index (χ3n) is 2.70. The Hall–Kier alpha value is -1.09. The molecule has 0 saturated heterocycles. The molecule has 0 spiro atoms. The number of rotatable bonds is 3. The average molecular weight is 222 g/mol. The maximum atomic E-state index is 11.5. The van der Waals surface area contributed by atoms with E-state index in [-0.39, 0.29) is 11.0 Å². The molecule has 0 radical (unpaired) electrons. The molecule has 15 heavy (non-hydrogen) atoms. The van der Waals surface area contributed by atoms with E-state index in [9.17, 15) is 8.42 Å². The van der Waals surface area contributed by atoms with Gasteiger partial charge < -0.3 is 0 Å². The lowest BCUT2D eigenvalue weighted by molar-refractivity contribution is 0.590. The Morgan fingerprint density at radius 2 is 1.93 bits per heavy atom. The van der Waals surface area contributed by atoms with Gasteiger partial charge in [-0.3, -0.25) is 0 Å². The van der Waals surface area contributed by atoms with E-state index in [0.717, 1.165) is 6.42 Å². The van der Waals surface area contributed by atoms with Crippen LogP contribution in [0.2, 0.25) is 0 Å². The number of hydrogen-bond acceptors (Lipinski definition) is 2. The summed E-state index contributed by atoms with van der Waals surface area (Å²) >= 11 is 0. The number of benzene rings is 1. The molecule has 0 unspecified atom stereocenters. The molecule has 0 aliphatic carbocycles. The van der Waals surface area contributed by atoms with Crippen molar-refractivity contribution < 1.29 is 8.42 Å². The van der Waals surface area contributed by atoms with Crippen molar-refractivity contribution in [3.63, 3.8) is 0 Å². The van der Waals surface area contributed by atoms with Crippen LogP contribution in [0, 0.1) is 0 Å². The van der Waals surface area contributed by atoms with Crippen LogP contribution in [-0.4, -0.2) is 19.4 Å². The molecule has 1 aromatic rings. The summed E-state index contributed by atoms with van der Waals surface area (Å²) in [6, 6.07) is 9.99. The van der Waals surface area contributed by atoms with E-state index >= 15 is 0 Å². The van der Waals surface area contributed by atoms with Crippen molar-refractivity contribution >= 4 is 9.84 Å². The van der Waals surface area contributed by atoms with Gasteiger partial charge >= 0.3 is 0 Å². The quantitative estimate of drug-likeness (QED) is 0.733. The molecule has 80 valence electrons. The molecule has 0 fully saturated rings. The SMILES string of the molecule is O=S1(=O)CC=C[C@H]1CCc1ccccc1. The second-order valence-electron chi connectivity index (χ2n) is 3.82. The zero-order chi connectivity index (χ0) is 10.7. The van der Waals surface area contributed by atoms with Crippen molar-refractivity contribution in [2.45, 2.75) is 18.1 Å². The molecule has 1 heterocycles. The van der Waals surface area contributed by atoms with Gasteiger partial charge in [0, 0.05) is 0 Å². The van der Waals surface area contributed by atoms with Crippen molar-refractivity contribution in [1.82, 2.24) is 0 Å². The Kier molecular flexibility index (Phi) is 2.91. The standard InChI is InChI=1S/C12H14O2S/c13-15(14)10-4-7-12(15)9-8-11-5-2-1-3-6-11/h1-7,12H,8-10H2/t12-/m0/s1. The molecule has 2 rings (SSSR count). The fourth-order valence-corrected chi connectivity index (χ4v) is 3.27. The van der Waals surface area contributed by atoms with Crippen LogP contribution in [0.5, 0.6) is 0 Å². The van der Waals surface area contributed by atoms with E-state index in [1.807, 2.05) is 36.4 Å². The van der Waals surface area contributed by atoms with Crippen molar-refractivity contribution in [2.24, 2.45) is 0 Å². The van der Waals surface area contributed by atoms with Gasteiger partial charge in [0.05, 0.1) is 11.0 Å². The lowest BCUT2D eigenvalue weighted by atomic mass is 10.1. The molecule has 1 atom stereocenters. The van der Waals surface area contributed by atoms with Crippen molar-refractivity contribution in [3.8, 4) is 0 Å². The third kappa shape index (κ3) is 2.48. The minimum atomic E-state index is -2.87. The summed E-state index contributed by atoms with van der Waals surface area (Å²) < 4.78 is 23.0. The topological polar surface area (TPSA) is 34.1 Å². The van der Waals surface area contributed by atoms with Crippen LogP contribution in [-0.2, 0) is 16.3 Å². The fraction of sp³-hybridized carbons (Fsp3) is 0.333. The summed E-state index contributed by atoms with van der Waals surface area (Å²) in [5.74, 6) is 0.215. The van der Waals surface area contributed by atoms with Crippen LogP contribution >= 0.6 is 0 Å². The number of sulfone groups is 1. The molecule has 0 bridgehead atoms. The maximum absolute atomic E-state index is 11.5. The first-order valence-electron chi connectivity index (χ1n) is 5.11. The smallest absolute Gasteiger partial charge is 0.160 e. The van der Waals surface area contributed by atoms with Crippen molar-refractivity contribution in [1.29, 1.82) is 0 Å². The average Bonchev–Trinajstić information content (AvgIpc) is 2.56. The van der Waals surface area contributed by atoms with Gasteiger partial charge in [-0.25, -0.2) is 8.42 Å². The Morgan fingerprint density at radius 1 is 1.20 bits per heavy atom. The number of hydrogen-bond donors (Lipinski definition) is 0. The second kappa shape index (κ2) is 4.19. The first kappa shape index (κ1) is 10.4. The zero-order valence-electron chi connectivity index (χ0n) is 8.46. The first-order chi connectivity index (χ1) is 7.18. The fourth-order valence-electron chi connectivity index (χ4n) is 1.81. The molecule has 0 amide bonds. The molecule has 1 aliphatic heterocycles. The van der Waals surface area contributed by atoms with Gasteiger partial charge in [-0.15, -0.1) is 0 Å². The summed E-state index contributed by atoms with van der Waals surface area (Å²) in [6.07, 6.45) is 5.10. The van der Waals surface area contributed by atoms with Gasteiger partial charge in [0.15, 0.2) is 9.84 Å². The highest BCUT2D eigenvalue weighted by Gasteiger charge is 2.25. The highest BCUT2D eigenvalue weighted by atomic mass is 32.2. The van der Waals surface area contributed by atoms with Crippen LogP contribution in [0.4, 0.5) is 0 Å². The monoisotopic (exact) mass is 222 g/mol. The molecular formula is C12H14O2S. The third-order valence-corrected chi connectivity index (χ3v) is 4.67. The Bertz CT molecular complexity index is 446. The lowest BCUT2D eigenvalue weighted by Gasteiger charge is -2.07.